The number of anilines is 4. The maximum Gasteiger partial charge on any atom is 0.421 e. The van der Waals surface area contributed by atoms with E-state index in [1.165, 1.54) is 6.42 Å². The van der Waals surface area contributed by atoms with Crippen molar-refractivity contribution in [2.45, 2.75) is 45.2 Å². The number of nitrogens with zero attached hydrogens (tertiary/aromatic N) is 2. The fourth-order valence-corrected chi connectivity index (χ4v) is 3.46. The van der Waals surface area contributed by atoms with E-state index >= 15 is 0 Å². The van der Waals surface area contributed by atoms with Gasteiger partial charge >= 0.3 is 6.18 Å². The maximum atomic E-state index is 13.5. The fourth-order valence-electron chi connectivity index (χ4n) is 3.10. The van der Waals surface area contributed by atoms with E-state index in [0.29, 0.717) is 11.4 Å². The summed E-state index contributed by atoms with van der Waals surface area (Å²) in [5.74, 6) is -0.189. The van der Waals surface area contributed by atoms with E-state index in [9.17, 15) is 13.2 Å². The molecule has 3 rings (SSSR count). The van der Waals surface area contributed by atoms with Crippen LogP contribution in [0.25, 0.3) is 0 Å². The molecule has 0 saturated carbocycles. The van der Waals surface area contributed by atoms with Gasteiger partial charge in [-0.3, -0.25) is 0 Å². The molecule has 2 N–H and O–H groups in total. The van der Waals surface area contributed by atoms with Crippen LogP contribution >= 0.6 is 22.6 Å². The number of alkyl halides is 3. The summed E-state index contributed by atoms with van der Waals surface area (Å²) in [6.07, 6.45) is 1.68. The molecule has 4 nitrogen and oxygen atoms in total. The van der Waals surface area contributed by atoms with Crippen LogP contribution in [0.3, 0.4) is 0 Å². The Morgan fingerprint density at radius 3 is 2.42 bits per heavy atom. The molecule has 0 amide bonds. The van der Waals surface area contributed by atoms with Crippen LogP contribution in [0.2, 0.25) is 0 Å². The van der Waals surface area contributed by atoms with Crippen molar-refractivity contribution in [1.82, 2.24) is 9.97 Å². The molecule has 0 fully saturated rings. The van der Waals surface area contributed by atoms with Crippen molar-refractivity contribution in [3.63, 3.8) is 0 Å². The Morgan fingerprint density at radius 2 is 1.71 bits per heavy atom. The molecule has 0 bridgehead atoms. The molecular weight excluding hydrogens is 516 g/mol. The Hall–Kier alpha value is -2.36. The van der Waals surface area contributed by atoms with E-state index in [1.54, 1.807) is 6.07 Å². The molecule has 0 atom stereocenters. The van der Waals surface area contributed by atoms with Gasteiger partial charge in [-0.25, -0.2) is 4.98 Å². The monoisotopic (exact) mass is 540 g/mol. The van der Waals surface area contributed by atoms with Gasteiger partial charge in [0.25, 0.3) is 0 Å². The van der Waals surface area contributed by atoms with Crippen molar-refractivity contribution >= 4 is 45.7 Å². The first kappa shape index (κ1) is 23.3. The Kier molecular flexibility index (Phi) is 8.11. The fraction of sp³-hybridized carbons (Fsp3) is 0.304. The SMILES string of the molecule is CCCCCCc1cccc(Nc2nc(Nc3ccc(I)cc3)ncc2C(F)(F)F)c1. The second-order valence-corrected chi connectivity index (χ2v) is 8.47. The van der Waals surface area contributed by atoms with E-state index in [1.807, 2.05) is 42.5 Å². The number of aryl methyl sites for hydroxylation is 1. The molecular formula is C23H24F3IN4. The summed E-state index contributed by atoms with van der Waals surface area (Å²) in [7, 11) is 0. The highest BCUT2D eigenvalue weighted by atomic mass is 127. The predicted molar refractivity (Wildman–Crippen MR) is 127 cm³/mol. The van der Waals surface area contributed by atoms with E-state index in [0.717, 1.165) is 41.0 Å². The average molecular weight is 540 g/mol. The first-order valence-corrected chi connectivity index (χ1v) is 11.3. The normalized spacial score (nSPS) is 11.4. The first-order chi connectivity index (χ1) is 14.8. The lowest BCUT2D eigenvalue weighted by atomic mass is 10.1. The van der Waals surface area contributed by atoms with Crippen LogP contribution < -0.4 is 10.6 Å². The van der Waals surface area contributed by atoms with Gasteiger partial charge in [0.2, 0.25) is 5.95 Å². The third-order valence-electron chi connectivity index (χ3n) is 4.70. The minimum absolute atomic E-state index is 0.0902. The number of rotatable bonds is 9. The number of aromatic nitrogens is 2. The van der Waals surface area contributed by atoms with Crippen LogP contribution in [0.5, 0.6) is 0 Å². The van der Waals surface area contributed by atoms with Crippen LogP contribution in [0.15, 0.2) is 54.7 Å². The number of halogens is 4. The van der Waals surface area contributed by atoms with E-state index in [4.69, 9.17) is 0 Å². The highest BCUT2D eigenvalue weighted by molar-refractivity contribution is 14.1. The van der Waals surface area contributed by atoms with Gasteiger partial charge in [-0.05, 0) is 77.4 Å². The quantitative estimate of drug-likeness (QED) is 0.216. The van der Waals surface area contributed by atoms with Crippen LogP contribution in [0, 0.1) is 3.57 Å². The van der Waals surface area contributed by atoms with Crippen molar-refractivity contribution in [3.8, 4) is 0 Å². The van der Waals surface area contributed by atoms with Crippen LogP contribution in [-0.4, -0.2) is 9.97 Å². The highest BCUT2D eigenvalue weighted by Crippen LogP contribution is 2.35. The summed E-state index contributed by atoms with van der Waals surface area (Å²) in [6.45, 7) is 2.16. The molecule has 0 aliphatic heterocycles. The molecule has 31 heavy (non-hydrogen) atoms. The predicted octanol–water partition coefficient (Wildman–Crippen LogP) is 7.71. The van der Waals surface area contributed by atoms with Crippen LogP contribution in [0.4, 0.5) is 36.3 Å². The molecule has 3 aromatic rings. The molecule has 0 spiro atoms. The Bertz CT molecular complexity index is 991. The smallest absolute Gasteiger partial charge is 0.340 e. The lowest BCUT2D eigenvalue weighted by Crippen LogP contribution is -2.12. The highest BCUT2D eigenvalue weighted by Gasteiger charge is 2.35. The largest absolute Gasteiger partial charge is 0.421 e. The molecule has 164 valence electrons. The van der Waals surface area contributed by atoms with Crippen molar-refractivity contribution in [2.24, 2.45) is 0 Å². The van der Waals surface area contributed by atoms with Crippen molar-refractivity contribution in [1.29, 1.82) is 0 Å². The van der Waals surface area contributed by atoms with Crippen molar-refractivity contribution in [2.75, 3.05) is 10.6 Å². The number of nitrogens with one attached hydrogen (secondary N) is 2. The summed E-state index contributed by atoms with van der Waals surface area (Å²) in [5.41, 5.74) is 1.44. The van der Waals surface area contributed by atoms with Gasteiger partial charge in [0.15, 0.2) is 0 Å². The number of hydrogen-bond donors (Lipinski definition) is 2. The number of benzene rings is 2. The topological polar surface area (TPSA) is 49.8 Å². The summed E-state index contributed by atoms with van der Waals surface area (Å²) in [6, 6.07) is 14.9. The molecule has 0 saturated heterocycles. The molecule has 0 aliphatic rings. The zero-order valence-corrected chi connectivity index (χ0v) is 19.3. The number of hydrogen-bond acceptors (Lipinski definition) is 4. The van der Waals surface area contributed by atoms with Gasteiger partial charge in [0, 0.05) is 21.1 Å². The number of unbranched alkanes of at least 4 members (excludes halogenated alkanes) is 3. The molecule has 0 unspecified atom stereocenters. The first-order valence-electron chi connectivity index (χ1n) is 10.2. The summed E-state index contributed by atoms with van der Waals surface area (Å²) in [5, 5.41) is 5.80. The third kappa shape index (κ3) is 7.09. The second kappa shape index (κ2) is 10.8. The maximum absolute atomic E-state index is 13.5. The van der Waals surface area contributed by atoms with Gasteiger partial charge in [-0.1, -0.05) is 38.3 Å². The minimum atomic E-state index is -4.57. The van der Waals surface area contributed by atoms with Gasteiger partial charge < -0.3 is 10.6 Å². The average Bonchev–Trinajstić information content (AvgIpc) is 2.73. The Morgan fingerprint density at radius 1 is 0.935 bits per heavy atom. The van der Waals surface area contributed by atoms with E-state index in [2.05, 4.69) is 50.1 Å². The van der Waals surface area contributed by atoms with E-state index < -0.39 is 11.7 Å². The summed E-state index contributed by atoms with van der Waals surface area (Å²) < 4.78 is 41.6. The lowest BCUT2D eigenvalue weighted by molar-refractivity contribution is -0.137. The van der Waals surface area contributed by atoms with Crippen LogP contribution in [0.1, 0.15) is 43.7 Å². The van der Waals surface area contributed by atoms with Gasteiger partial charge in [0.1, 0.15) is 11.4 Å². The minimum Gasteiger partial charge on any atom is -0.340 e. The van der Waals surface area contributed by atoms with Gasteiger partial charge in [-0.15, -0.1) is 0 Å². The Labute approximate surface area is 193 Å². The molecule has 8 heteroatoms. The second-order valence-electron chi connectivity index (χ2n) is 7.22. The zero-order chi connectivity index (χ0) is 22.3. The Balaban J connectivity index is 1.82. The van der Waals surface area contributed by atoms with Crippen LogP contribution in [-0.2, 0) is 12.6 Å². The molecule has 0 radical (unpaired) electrons. The third-order valence-corrected chi connectivity index (χ3v) is 5.42. The van der Waals surface area contributed by atoms with Crippen molar-refractivity contribution < 1.29 is 13.2 Å². The molecule has 1 heterocycles. The lowest BCUT2D eigenvalue weighted by Gasteiger charge is -2.15. The molecule has 0 aliphatic carbocycles. The summed E-state index contributed by atoms with van der Waals surface area (Å²) >= 11 is 2.18. The molecule has 1 aromatic heterocycles. The zero-order valence-electron chi connectivity index (χ0n) is 17.1. The van der Waals surface area contributed by atoms with Crippen molar-refractivity contribution in [3.05, 3.63) is 69.4 Å². The summed E-state index contributed by atoms with van der Waals surface area (Å²) in [4.78, 5) is 7.97. The van der Waals surface area contributed by atoms with Gasteiger partial charge in [-0.2, -0.15) is 18.2 Å². The standard InChI is InChI=1S/C23H24F3IN4/c1-2-3-4-5-7-16-8-6-9-19(14-16)29-21-20(23(24,25)26)15-28-22(31-21)30-18-12-10-17(27)11-13-18/h6,8-15H,2-5,7H2,1H3,(H2,28,29,30,31). The van der Waals surface area contributed by atoms with Gasteiger partial charge in [0.05, 0.1) is 0 Å². The molecule has 2 aromatic carbocycles. The van der Waals surface area contributed by atoms with E-state index in [-0.39, 0.29) is 11.8 Å².